The first-order valence-corrected chi connectivity index (χ1v) is 8.95. The molecule has 7 heteroatoms. The number of hydrogen-bond donors (Lipinski definition) is 1. The van der Waals surface area contributed by atoms with E-state index in [1.807, 2.05) is 6.92 Å². The summed E-state index contributed by atoms with van der Waals surface area (Å²) in [5, 5.41) is 3.24. The molecule has 1 aliphatic heterocycles. The Morgan fingerprint density at radius 1 is 1.15 bits per heavy atom. The SMILES string of the molecule is Cc1ccc(Cl)cc1NC(=O)[C@@H](C)OC(=O)Cc1ccc2c(c1)OCCO2. The van der Waals surface area contributed by atoms with Crippen molar-refractivity contribution < 1.29 is 23.8 Å². The van der Waals surface area contributed by atoms with Crippen molar-refractivity contribution in [3.63, 3.8) is 0 Å². The van der Waals surface area contributed by atoms with Crippen LogP contribution in [0.25, 0.3) is 0 Å². The number of fused-ring (bicyclic) bond motifs is 1. The van der Waals surface area contributed by atoms with Crippen LogP contribution in [0.3, 0.4) is 0 Å². The van der Waals surface area contributed by atoms with Gasteiger partial charge >= 0.3 is 5.97 Å². The minimum Gasteiger partial charge on any atom is -0.486 e. The molecule has 2 aromatic rings. The van der Waals surface area contributed by atoms with Crippen LogP contribution in [0.1, 0.15) is 18.1 Å². The van der Waals surface area contributed by atoms with Gasteiger partial charge in [-0.15, -0.1) is 0 Å². The van der Waals surface area contributed by atoms with Crippen LogP contribution in [0.4, 0.5) is 5.69 Å². The average molecular weight is 390 g/mol. The quantitative estimate of drug-likeness (QED) is 0.792. The van der Waals surface area contributed by atoms with E-state index in [0.717, 1.165) is 11.1 Å². The second kappa shape index (κ2) is 8.31. The molecule has 0 bridgehead atoms. The highest BCUT2D eigenvalue weighted by Gasteiger charge is 2.20. The number of amides is 1. The van der Waals surface area contributed by atoms with Crippen LogP contribution in [-0.4, -0.2) is 31.2 Å². The summed E-state index contributed by atoms with van der Waals surface area (Å²) >= 11 is 5.95. The number of nitrogens with one attached hydrogen (secondary N) is 1. The number of hydrogen-bond acceptors (Lipinski definition) is 5. The van der Waals surface area contributed by atoms with Gasteiger partial charge in [-0.2, -0.15) is 0 Å². The molecule has 2 aromatic carbocycles. The zero-order valence-electron chi connectivity index (χ0n) is 15.1. The molecule has 142 valence electrons. The number of esters is 1. The Hall–Kier alpha value is -2.73. The van der Waals surface area contributed by atoms with Crippen molar-refractivity contribution in [1.82, 2.24) is 0 Å². The Bertz CT molecular complexity index is 867. The van der Waals surface area contributed by atoms with Crippen molar-refractivity contribution in [2.45, 2.75) is 26.4 Å². The van der Waals surface area contributed by atoms with Crippen molar-refractivity contribution in [2.24, 2.45) is 0 Å². The predicted octanol–water partition coefficient (Wildman–Crippen LogP) is 3.53. The third-order valence-electron chi connectivity index (χ3n) is 4.09. The molecule has 0 radical (unpaired) electrons. The molecule has 0 spiro atoms. The van der Waals surface area contributed by atoms with E-state index in [2.05, 4.69) is 5.32 Å². The monoisotopic (exact) mass is 389 g/mol. The van der Waals surface area contributed by atoms with E-state index in [1.54, 1.807) is 36.4 Å². The summed E-state index contributed by atoms with van der Waals surface area (Å²) in [5.74, 6) is 0.338. The first-order valence-electron chi connectivity index (χ1n) is 8.57. The Labute approximate surface area is 162 Å². The maximum absolute atomic E-state index is 12.3. The third kappa shape index (κ3) is 4.92. The first-order chi connectivity index (χ1) is 12.9. The van der Waals surface area contributed by atoms with Gasteiger partial charge in [0.2, 0.25) is 0 Å². The highest BCUT2D eigenvalue weighted by Crippen LogP contribution is 2.31. The number of ether oxygens (including phenoxy) is 3. The van der Waals surface area contributed by atoms with Gasteiger partial charge < -0.3 is 19.5 Å². The molecule has 6 nitrogen and oxygen atoms in total. The van der Waals surface area contributed by atoms with E-state index >= 15 is 0 Å². The highest BCUT2D eigenvalue weighted by atomic mass is 35.5. The number of anilines is 1. The smallest absolute Gasteiger partial charge is 0.311 e. The Morgan fingerprint density at radius 3 is 2.67 bits per heavy atom. The van der Waals surface area contributed by atoms with Crippen LogP contribution in [0.2, 0.25) is 5.02 Å². The normalized spacial score (nSPS) is 13.6. The maximum atomic E-state index is 12.3. The Balaban J connectivity index is 1.57. The minimum atomic E-state index is -0.937. The van der Waals surface area contributed by atoms with Crippen molar-refractivity contribution >= 4 is 29.2 Å². The number of rotatable bonds is 5. The minimum absolute atomic E-state index is 0.0322. The van der Waals surface area contributed by atoms with Gasteiger partial charge in [0.05, 0.1) is 6.42 Å². The number of halogens is 1. The second-order valence-corrected chi connectivity index (χ2v) is 6.67. The molecule has 1 atom stereocenters. The fourth-order valence-electron chi connectivity index (χ4n) is 2.62. The molecule has 3 rings (SSSR count). The van der Waals surface area contributed by atoms with E-state index in [1.165, 1.54) is 6.92 Å². The molecule has 1 amide bonds. The van der Waals surface area contributed by atoms with E-state index in [-0.39, 0.29) is 6.42 Å². The van der Waals surface area contributed by atoms with Crippen LogP contribution in [0.15, 0.2) is 36.4 Å². The van der Waals surface area contributed by atoms with Crippen molar-refractivity contribution in [2.75, 3.05) is 18.5 Å². The number of carbonyl (C=O) groups excluding carboxylic acids is 2. The lowest BCUT2D eigenvalue weighted by Crippen LogP contribution is -2.30. The van der Waals surface area contributed by atoms with Gasteiger partial charge in [-0.25, -0.2) is 0 Å². The van der Waals surface area contributed by atoms with Gasteiger partial charge in [0.15, 0.2) is 17.6 Å². The molecule has 1 N–H and O–H groups in total. The van der Waals surface area contributed by atoms with Crippen molar-refractivity contribution in [1.29, 1.82) is 0 Å². The van der Waals surface area contributed by atoms with E-state index < -0.39 is 18.0 Å². The maximum Gasteiger partial charge on any atom is 0.311 e. The Kier molecular flexibility index (Phi) is 5.86. The molecule has 0 saturated carbocycles. The van der Waals surface area contributed by atoms with Crippen LogP contribution in [0, 0.1) is 6.92 Å². The van der Waals surface area contributed by atoms with Crippen LogP contribution < -0.4 is 14.8 Å². The lowest BCUT2D eigenvalue weighted by molar-refractivity contribution is -0.152. The summed E-state index contributed by atoms with van der Waals surface area (Å²) in [6.07, 6.45) is -0.905. The summed E-state index contributed by atoms with van der Waals surface area (Å²) in [4.78, 5) is 24.5. The summed E-state index contributed by atoms with van der Waals surface area (Å²) in [6, 6.07) is 10.5. The van der Waals surface area contributed by atoms with Crippen LogP contribution in [-0.2, 0) is 20.7 Å². The van der Waals surface area contributed by atoms with E-state index in [0.29, 0.717) is 35.4 Å². The van der Waals surface area contributed by atoms with Gasteiger partial charge in [-0.1, -0.05) is 23.7 Å². The van der Waals surface area contributed by atoms with E-state index in [4.69, 9.17) is 25.8 Å². The summed E-state index contributed by atoms with van der Waals surface area (Å²) < 4.78 is 16.2. The lowest BCUT2D eigenvalue weighted by atomic mass is 10.1. The average Bonchev–Trinajstić information content (AvgIpc) is 2.64. The number of aryl methyl sites for hydroxylation is 1. The van der Waals surface area contributed by atoms with Gasteiger partial charge in [0.25, 0.3) is 5.91 Å². The zero-order valence-corrected chi connectivity index (χ0v) is 15.8. The van der Waals surface area contributed by atoms with Crippen molar-refractivity contribution in [3.05, 3.63) is 52.5 Å². The highest BCUT2D eigenvalue weighted by molar-refractivity contribution is 6.31. The second-order valence-electron chi connectivity index (χ2n) is 6.24. The molecule has 0 saturated heterocycles. The molecule has 0 aromatic heterocycles. The Morgan fingerprint density at radius 2 is 1.89 bits per heavy atom. The molecule has 0 fully saturated rings. The lowest BCUT2D eigenvalue weighted by Gasteiger charge is -2.19. The molecule has 1 heterocycles. The van der Waals surface area contributed by atoms with Gasteiger partial charge in [0, 0.05) is 10.7 Å². The molecular formula is C20H20ClNO5. The molecule has 0 aliphatic carbocycles. The molecule has 1 aliphatic rings. The van der Waals surface area contributed by atoms with Crippen LogP contribution >= 0.6 is 11.6 Å². The van der Waals surface area contributed by atoms with Gasteiger partial charge in [0.1, 0.15) is 13.2 Å². The summed E-state index contributed by atoms with van der Waals surface area (Å²) in [6.45, 7) is 4.36. The molecule has 0 unspecified atom stereocenters. The van der Waals surface area contributed by atoms with Crippen LogP contribution in [0.5, 0.6) is 11.5 Å². The number of benzene rings is 2. The zero-order chi connectivity index (χ0) is 19.4. The third-order valence-corrected chi connectivity index (χ3v) is 4.33. The van der Waals surface area contributed by atoms with Gasteiger partial charge in [-0.3, -0.25) is 9.59 Å². The van der Waals surface area contributed by atoms with Crippen molar-refractivity contribution in [3.8, 4) is 11.5 Å². The first kappa shape index (κ1) is 19.0. The summed E-state index contributed by atoms with van der Waals surface area (Å²) in [5.41, 5.74) is 2.17. The fraction of sp³-hybridized carbons (Fsp3) is 0.300. The largest absolute Gasteiger partial charge is 0.486 e. The molecular weight excluding hydrogens is 370 g/mol. The molecule has 27 heavy (non-hydrogen) atoms. The predicted molar refractivity (Wildman–Crippen MR) is 102 cm³/mol. The standard InChI is InChI=1S/C20H20ClNO5/c1-12-3-5-15(21)11-16(12)22-20(24)13(2)27-19(23)10-14-4-6-17-18(9-14)26-8-7-25-17/h3-6,9,11,13H,7-8,10H2,1-2H3,(H,22,24)/t13-/m1/s1. The van der Waals surface area contributed by atoms with E-state index in [9.17, 15) is 9.59 Å². The topological polar surface area (TPSA) is 73.9 Å². The van der Waals surface area contributed by atoms with Gasteiger partial charge in [-0.05, 0) is 49.2 Å². The summed E-state index contributed by atoms with van der Waals surface area (Å²) in [7, 11) is 0. The number of carbonyl (C=O) groups is 2. The fourth-order valence-corrected chi connectivity index (χ4v) is 2.79.